The lowest BCUT2D eigenvalue weighted by atomic mass is 10.1. The van der Waals surface area contributed by atoms with Crippen LogP contribution in [0.15, 0.2) is 67.5 Å². The second-order valence-corrected chi connectivity index (χ2v) is 9.89. The summed E-state index contributed by atoms with van der Waals surface area (Å²) < 4.78 is 7.06. The molecule has 0 fully saturated rings. The van der Waals surface area contributed by atoms with Gasteiger partial charge in [-0.25, -0.2) is 10.0 Å². The molecule has 0 saturated carbocycles. The largest absolute Gasteiger partial charge is 0.457 e. The lowest BCUT2D eigenvalue weighted by Gasteiger charge is -2.32. The number of thioether (sulfide) groups is 1. The normalized spacial score (nSPS) is 17.3. The summed E-state index contributed by atoms with van der Waals surface area (Å²) in [5.74, 6) is 1.83. The number of nitrogens with one attached hydrogen (secondary N) is 1. The molecule has 2 aliphatic rings. The van der Waals surface area contributed by atoms with Gasteiger partial charge in [-0.05, 0) is 54.6 Å². The van der Waals surface area contributed by atoms with E-state index in [0.717, 1.165) is 26.6 Å². The molecule has 3 heterocycles. The van der Waals surface area contributed by atoms with Crippen molar-refractivity contribution in [1.29, 1.82) is 0 Å². The van der Waals surface area contributed by atoms with E-state index < -0.39 is 6.17 Å². The zero-order chi connectivity index (χ0) is 22.4. The third-order valence-electron chi connectivity index (χ3n) is 5.19. The highest BCUT2D eigenvalue weighted by atomic mass is 79.9. The van der Waals surface area contributed by atoms with Crippen molar-refractivity contribution in [1.82, 2.24) is 10.3 Å². The van der Waals surface area contributed by atoms with Crippen LogP contribution in [-0.2, 0) is 4.79 Å². The number of fused-ring (bicyclic) bond motifs is 2. The van der Waals surface area contributed by atoms with Gasteiger partial charge in [-0.3, -0.25) is 10.1 Å². The van der Waals surface area contributed by atoms with E-state index >= 15 is 0 Å². The van der Waals surface area contributed by atoms with Crippen molar-refractivity contribution >= 4 is 56.1 Å². The Kier molecular flexibility index (Phi) is 5.61. The van der Waals surface area contributed by atoms with E-state index in [1.54, 1.807) is 5.01 Å². The number of benzene rings is 2. The first-order valence-corrected chi connectivity index (χ1v) is 12.2. The molecule has 162 valence electrons. The maximum Gasteiger partial charge on any atom is 0.276 e. The van der Waals surface area contributed by atoms with Gasteiger partial charge in [-0.15, -0.1) is 5.10 Å². The molecule has 0 unspecified atom stereocenters. The highest BCUT2D eigenvalue weighted by Gasteiger charge is 2.36. The van der Waals surface area contributed by atoms with Gasteiger partial charge >= 0.3 is 0 Å². The van der Waals surface area contributed by atoms with Gasteiger partial charge in [-0.1, -0.05) is 58.3 Å². The fraction of sp³-hybridized carbons (Fsp3) is 0.174. The van der Waals surface area contributed by atoms with Crippen molar-refractivity contribution in [2.45, 2.75) is 20.0 Å². The van der Waals surface area contributed by atoms with E-state index in [2.05, 4.69) is 21.2 Å². The topological polar surface area (TPSA) is 70.2 Å². The van der Waals surface area contributed by atoms with E-state index in [1.807, 2.05) is 62.4 Å². The van der Waals surface area contributed by atoms with E-state index in [4.69, 9.17) is 26.1 Å². The standard InChI is InChI=1S/C23H18BrClN4O2S/c1-3-32-23-27-22(30)20-15-11-14(24)6-7-17(15)26-21(29(20)28-23)19-9-8-18(31-19)13-5-4-12(2)16(25)10-13/h4-11,21H,3H2,1-2H3,(H,27,28,30)/t21-/m1/s1. The molecule has 1 N–H and O–H groups in total. The minimum Gasteiger partial charge on any atom is -0.457 e. The van der Waals surface area contributed by atoms with Crippen LogP contribution in [0, 0.1) is 6.92 Å². The number of carbonyl (C=O) groups excluding carboxylic acids is 1. The van der Waals surface area contributed by atoms with E-state index in [-0.39, 0.29) is 5.91 Å². The Balaban J connectivity index is 1.65. The first kappa shape index (κ1) is 21.3. The van der Waals surface area contributed by atoms with Crippen molar-refractivity contribution in [3.8, 4) is 11.3 Å². The summed E-state index contributed by atoms with van der Waals surface area (Å²) in [7, 11) is 0. The molecule has 3 aromatic rings. The minimum absolute atomic E-state index is 0.215. The highest BCUT2D eigenvalue weighted by Crippen LogP contribution is 2.35. The molecule has 6 nitrogen and oxygen atoms in total. The summed E-state index contributed by atoms with van der Waals surface area (Å²) in [4.78, 5) is 18.0. The minimum atomic E-state index is -0.605. The van der Waals surface area contributed by atoms with Gasteiger partial charge in [-0.2, -0.15) is 0 Å². The second-order valence-electron chi connectivity index (χ2n) is 7.32. The van der Waals surface area contributed by atoms with Crippen LogP contribution in [0.3, 0.4) is 0 Å². The number of rotatable bonds is 3. The quantitative estimate of drug-likeness (QED) is 0.540. The average molecular weight is 530 g/mol. The number of hydrazone groups is 1. The van der Waals surface area contributed by atoms with Crippen molar-refractivity contribution in [3.63, 3.8) is 0 Å². The molecular weight excluding hydrogens is 512 g/mol. The third-order valence-corrected chi connectivity index (χ3v) is 6.83. The number of halogens is 2. The van der Waals surface area contributed by atoms with Crippen LogP contribution in [-0.4, -0.2) is 21.8 Å². The molecule has 0 bridgehead atoms. The van der Waals surface area contributed by atoms with Gasteiger partial charge in [0, 0.05) is 20.3 Å². The van der Waals surface area contributed by atoms with Gasteiger partial charge in [0.25, 0.3) is 5.91 Å². The first-order chi connectivity index (χ1) is 15.4. The summed E-state index contributed by atoms with van der Waals surface area (Å²) in [6, 6.07) is 15.2. The molecule has 1 amide bonds. The number of aryl methyl sites for hydroxylation is 1. The number of amidine groups is 1. The van der Waals surface area contributed by atoms with Gasteiger partial charge < -0.3 is 4.42 Å². The van der Waals surface area contributed by atoms with Crippen LogP contribution in [0.1, 0.15) is 24.4 Å². The summed E-state index contributed by atoms with van der Waals surface area (Å²) in [6.07, 6.45) is -0.605. The molecular formula is C23H18BrClN4O2S. The monoisotopic (exact) mass is 528 g/mol. The van der Waals surface area contributed by atoms with Crippen molar-refractivity contribution < 1.29 is 9.21 Å². The lowest BCUT2D eigenvalue weighted by Crippen LogP contribution is -2.50. The predicted molar refractivity (Wildman–Crippen MR) is 131 cm³/mol. The Bertz CT molecular complexity index is 1400. The number of amides is 1. The van der Waals surface area contributed by atoms with Gasteiger partial charge in [0.1, 0.15) is 11.5 Å². The maximum atomic E-state index is 13.1. The fourth-order valence-electron chi connectivity index (χ4n) is 3.63. The Morgan fingerprint density at radius 1 is 1.22 bits per heavy atom. The van der Waals surface area contributed by atoms with E-state index in [1.165, 1.54) is 11.8 Å². The van der Waals surface area contributed by atoms with Crippen LogP contribution < -0.4 is 15.9 Å². The predicted octanol–water partition coefficient (Wildman–Crippen LogP) is 4.57. The molecule has 32 heavy (non-hydrogen) atoms. The molecule has 5 rings (SSSR count). The molecule has 1 atom stereocenters. The van der Waals surface area contributed by atoms with E-state index in [9.17, 15) is 4.79 Å². The van der Waals surface area contributed by atoms with Crippen molar-refractivity contribution in [3.05, 3.63) is 79.9 Å². The lowest BCUT2D eigenvalue weighted by molar-refractivity contribution is -0.116. The zero-order valence-corrected chi connectivity index (χ0v) is 20.4. The summed E-state index contributed by atoms with van der Waals surface area (Å²) >= 11 is 11.3. The Morgan fingerprint density at radius 2 is 2.06 bits per heavy atom. The Hall–Kier alpha value is -2.55. The second kappa shape index (κ2) is 8.42. The number of hydrogen-bond donors (Lipinski definition) is 1. The van der Waals surface area contributed by atoms with E-state index in [0.29, 0.717) is 32.8 Å². The molecule has 0 radical (unpaired) electrons. The van der Waals surface area contributed by atoms with Crippen LogP contribution in [0.25, 0.3) is 17.0 Å². The maximum absolute atomic E-state index is 13.1. The smallest absolute Gasteiger partial charge is 0.276 e. The van der Waals surface area contributed by atoms with Crippen LogP contribution >= 0.6 is 39.3 Å². The molecule has 0 spiro atoms. The van der Waals surface area contributed by atoms with Gasteiger partial charge in [0.15, 0.2) is 10.9 Å². The summed E-state index contributed by atoms with van der Waals surface area (Å²) in [5, 5.41) is 11.9. The molecule has 9 heteroatoms. The van der Waals surface area contributed by atoms with Crippen LogP contribution in [0.4, 0.5) is 0 Å². The number of nitrogens with zero attached hydrogens (tertiary/aromatic N) is 3. The molecule has 0 saturated heterocycles. The third kappa shape index (κ3) is 3.76. The van der Waals surface area contributed by atoms with Crippen LogP contribution in [0.5, 0.6) is 0 Å². The Morgan fingerprint density at radius 3 is 2.84 bits per heavy atom. The van der Waals surface area contributed by atoms with Crippen molar-refractivity contribution in [2.75, 3.05) is 5.75 Å². The highest BCUT2D eigenvalue weighted by molar-refractivity contribution is 9.10. The fourth-order valence-corrected chi connectivity index (χ4v) is 4.76. The molecule has 2 aromatic carbocycles. The molecule has 2 aliphatic heterocycles. The zero-order valence-electron chi connectivity index (χ0n) is 17.2. The van der Waals surface area contributed by atoms with Crippen LogP contribution in [0.2, 0.25) is 5.02 Å². The number of carbonyl (C=O) groups is 1. The Labute approximate surface area is 202 Å². The SMILES string of the molecule is CCSC1=NN2C(=c3cc(Br)ccc3=N[C@H]2c2ccc(-c3ccc(C)c(Cl)c3)o2)C(=O)N1. The molecule has 0 aliphatic carbocycles. The number of hydrogen-bond acceptors (Lipinski definition) is 6. The molecule has 1 aromatic heterocycles. The first-order valence-electron chi connectivity index (χ1n) is 10.0. The van der Waals surface area contributed by atoms with Gasteiger partial charge in [0.2, 0.25) is 6.17 Å². The average Bonchev–Trinajstić information content (AvgIpc) is 3.25. The number of furan rings is 1. The van der Waals surface area contributed by atoms with Gasteiger partial charge in [0.05, 0.1) is 5.36 Å². The summed E-state index contributed by atoms with van der Waals surface area (Å²) in [6.45, 7) is 3.97. The summed E-state index contributed by atoms with van der Waals surface area (Å²) in [5.41, 5.74) is 2.32. The van der Waals surface area contributed by atoms with Crippen molar-refractivity contribution in [2.24, 2.45) is 10.1 Å².